The predicted octanol–water partition coefficient (Wildman–Crippen LogP) is 1.53. The van der Waals surface area contributed by atoms with E-state index in [1.165, 1.54) is 0 Å². The molecule has 0 aromatic heterocycles. The van der Waals surface area contributed by atoms with E-state index in [9.17, 15) is 9.90 Å². The molecule has 0 bridgehead atoms. The topological polar surface area (TPSA) is 74.2 Å². The van der Waals surface area contributed by atoms with E-state index in [2.05, 4.69) is 10.3 Å². The van der Waals surface area contributed by atoms with E-state index in [0.29, 0.717) is 19.6 Å². The van der Waals surface area contributed by atoms with Gasteiger partial charge in [-0.2, -0.15) is 0 Å². The number of hydrogen-bond donors (Lipinski definition) is 2. The lowest BCUT2D eigenvalue weighted by atomic mass is 9.92. The maximum Gasteiger partial charge on any atom is 0.410 e. The summed E-state index contributed by atoms with van der Waals surface area (Å²) in [6.45, 7) is 7.16. The number of amidine groups is 1. The largest absolute Gasteiger partial charge is 0.444 e. The molecule has 1 saturated carbocycles. The molecule has 0 aromatic rings. The van der Waals surface area contributed by atoms with Crippen molar-refractivity contribution in [3.05, 3.63) is 0 Å². The number of aliphatic hydroxyl groups is 1. The monoisotopic (exact) mass is 297 g/mol. The first-order valence-corrected chi connectivity index (χ1v) is 7.81. The molecule has 1 heterocycles. The molecule has 6 nitrogen and oxygen atoms in total. The van der Waals surface area contributed by atoms with E-state index in [4.69, 9.17) is 4.74 Å². The second kappa shape index (κ2) is 6.64. The molecule has 1 amide bonds. The minimum absolute atomic E-state index is 0.0519. The highest BCUT2D eigenvalue weighted by molar-refractivity contribution is 5.88. The summed E-state index contributed by atoms with van der Waals surface area (Å²) < 4.78 is 5.39. The Labute approximate surface area is 126 Å². The number of hydrogen-bond acceptors (Lipinski definition) is 5. The van der Waals surface area contributed by atoms with Gasteiger partial charge in [0.05, 0.1) is 25.2 Å². The number of ether oxygens (including phenoxy) is 1. The highest BCUT2D eigenvalue weighted by atomic mass is 16.6. The molecule has 21 heavy (non-hydrogen) atoms. The van der Waals surface area contributed by atoms with Crippen LogP contribution in [0.25, 0.3) is 0 Å². The number of nitrogens with one attached hydrogen (secondary N) is 1. The van der Waals surface area contributed by atoms with Gasteiger partial charge in [0.25, 0.3) is 0 Å². The van der Waals surface area contributed by atoms with Crippen LogP contribution in [0.2, 0.25) is 0 Å². The molecule has 2 N–H and O–H groups in total. The van der Waals surface area contributed by atoms with Crippen molar-refractivity contribution >= 4 is 11.9 Å². The van der Waals surface area contributed by atoms with E-state index < -0.39 is 5.60 Å². The average Bonchev–Trinajstić information content (AvgIpc) is 2.40. The van der Waals surface area contributed by atoms with Crippen molar-refractivity contribution in [2.45, 2.75) is 64.2 Å². The fourth-order valence-corrected chi connectivity index (χ4v) is 2.68. The Morgan fingerprint density at radius 2 is 2.10 bits per heavy atom. The third-order valence-corrected chi connectivity index (χ3v) is 3.75. The molecule has 2 atom stereocenters. The number of nitrogens with zero attached hydrogens (tertiary/aromatic N) is 2. The van der Waals surface area contributed by atoms with Crippen molar-refractivity contribution < 1.29 is 14.6 Å². The fourth-order valence-electron chi connectivity index (χ4n) is 2.68. The Morgan fingerprint density at radius 3 is 2.76 bits per heavy atom. The van der Waals surface area contributed by atoms with Crippen LogP contribution in [0.4, 0.5) is 4.79 Å². The van der Waals surface area contributed by atoms with Crippen LogP contribution in [-0.4, -0.2) is 59.3 Å². The zero-order chi connectivity index (χ0) is 15.5. The van der Waals surface area contributed by atoms with E-state index in [1.54, 1.807) is 4.90 Å². The zero-order valence-corrected chi connectivity index (χ0v) is 13.3. The van der Waals surface area contributed by atoms with Gasteiger partial charge in [-0.05, 0) is 33.6 Å². The molecule has 0 aromatic carbocycles. The lowest BCUT2D eigenvalue weighted by Crippen LogP contribution is -2.52. The van der Waals surface area contributed by atoms with E-state index in [0.717, 1.165) is 31.5 Å². The SMILES string of the molecule is CC(C)(C)OC(=O)N1CCN=C(NC2CCCCC2O)C1. The second-order valence-corrected chi connectivity index (χ2v) is 6.83. The predicted molar refractivity (Wildman–Crippen MR) is 81.5 cm³/mol. The van der Waals surface area contributed by atoms with Crippen LogP contribution in [0.5, 0.6) is 0 Å². The van der Waals surface area contributed by atoms with E-state index in [1.807, 2.05) is 20.8 Å². The summed E-state index contributed by atoms with van der Waals surface area (Å²) >= 11 is 0. The zero-order valence-electron chi connectivity index (χ0n) is 13.3. The first kappa shape index (κ1) is 16.1. The molecule has 2 aliphatic rings. The van der Waals surface area contributed by atoms with Crippen LogP contribution in [-0.2, 0) is 4.74 Å². The van der Waals surface area contributed by atoms with Gasteiger partial charge in [-0.1, -0.05) is 12.8 Å². The fraction of sp³-hybridized carbons (Fsp3) is 0.867. The Morgan fingerprint density at radius 1 is 1.38 bits per heavy atom. The number of aliphatic hydroxyl groups excluding tert-OH is 1. The minimum Gasteiger partial charge on any atom is -0.444 e. The summed E-state index contributed by atoms with van der Waals surface area (Å²) in [6.07, 6.45) is 3.36. The third-order valence-electron chi connectivity index (χ3n) is 3.75. The smallest absolute Gasteiger partial charge is 0.410 e. The van der Waals surface area contributed by atoms with Gasteiger partial charge in [0.15, 0.2) is 0 Å². The summed E-state index contributed by atoms with van der Waals surface area (Å²) in [5.74, 6) is 0.776. The lowest BCUT2D eigenvalue weighted by molar-refractivity contribution is 0.0274. The molecular weight excluding hydrogens is 270 g/mol. The van der Waals surface area contributed by atoms with Crippen molar-refractivity contribution in [2.75, 3.05) is 19.6 Å². The lowest BCUT2D eigenvalue weighted by Gasteiger charge is -2.33. The summed E-state index contributed by atoms with van der Waals surface area (Å²) in [5, 5.41) is 13.3. The van der Waals surface area contributed by atoms with Gasteiger partial charge < -0.3 is 15.2 Å². The van der Waals surface area contributed by atoms with Crippen LogP contribution in [0.3, 0.4) is 0 Å². The van der Waals surface area contributed by atoms with Crippen molar-refractivity contribution in [3.8, 4) is 0 Å². The number of amides is 1. The van der Waals surface area contributed by atoms with Crippen molar-refractivity contribution in [1.82, 2.24) is 10.2 Å². The quantitative estimate of drug-likeness (QED) is 0.770. The Hall–Kier alpha value is -1.30. The minimum atomic E-state index is -0.487. The molecule has 2 rings (SSSR count). The molecule has 1 aliphatic carbocycles. The Bertz CT molecular complexity index is 403. The highest BCUT2D eigenvalue weighted by Gasteiger charge is 2.28. The first-order chi connectivity index (χ1) is 9.85. The van der Waals surface area contributed by atoms with Gasteiger partial charge in [0, 0.05) is 6.54 Å². The number of carbonyl (C=O) groups is 1. The van der Waals surface area contributed by atoms with Crippen LogP contribution >= 0.6 is 0 Å². The van der Waals surface area contributed by atoms with Crippen LogP contribution in [0.15, 0.2) is 4.99 Å². The summed E-state index contributed by atoms with van der Waals surface area (Å²) in [5.41, 5.74) is -0.487. The van der Waals surface area contributed by atoms with E-state index >= 15 is 0 Å². The van der Waals surface area contributed by atoms with Crippen LogP contribution in [0.1, 0.15) is 46.5 Å². The van der Waals surface area contributed by atoms with Crippen LogP contribution < -0.4 is 5.32 Å². The summed E-state index contributed by atoms with van der Waals surface area (Å²) in [4.78, 5) is 18.2. The highest BCUT2D eigenvalue weighted by Crippen LogP contribution is 2.19. The van der Waals surface area contributed by atoms with Gasteiger partial charge in [0.1, 0.15) is 11.4 Å². The molecule has 1 aliphatic heterocycles. The molecule has 120 valence electrons. The molecule has 0 spiro atoms. The number of carbonyl (C=O) groups excluding carboxylic acids is 1. The third kappa shape index (κ3) is 4.88. The Balaban J connectivity index is 1.88. The second-order valence-electron chi connectivity index (χ2n) is 6.83. The van der Waals surface area contributed by atoms with Gasteiger partial charge >= 0.3 is 6.09 Å². The molecule has 0 radical (unpaired) electrons. The molecule has 2 unspecified atom stereocenters. The standard InChI is InChI=1S/C15H27N3O3/c1-15(2,3)21-14(20)18-9-8-16-13(10-18)17-11-6-4-5-7-12(11)19/h11-12,19H,4-10H2,1-3H3,(H,16,17). The summed E-state index contributed by atoms with van der Waals surface area (Å²) in [6, 6.07) is 0.0519. The number of aliphatic imine (C=N–C) groups is 1. The van der Waals surface area contributed by atoms with Crippen molar-refractivity contribution in [2.24, 2.45) is 4.99 Å². The number of rotatable bonds is 1. The molecule has 1 fully saturated rings. The van der Waals surface area contributed by atoms with Gasteiger partial charge in [-0.25, -0.2) is 4.79 Å². The normalized spacial score (nSPS) is 27.0. The van der Waals surface area contributed by atoms with Gasteiger partial charge in [0.2, 0.25) is 0 Å². The first-order valence-electron chi connectivity index (χ1n) is 7.81. The van der Waals surface area contributed by atoms with E-state index in [-0.39, 0.29) is 18.2 Å². The molecular formula is C15H27N3O3. The molecule has 6 heteroatoms. The van der Waals surface area contributed by atoms with Crippen molar-refractivity contribution in [1.29, 1.82) is 0 Å². The average molecular weight is 297 g/mol. The van der Waals surface area contributed by atoms with Gasteiger partial charge in [-0.15, -0.1) is 0 Å². The summed E-state index contributed by atoms with van der Waals surface area (Å²) in [7, 11) is 0. The van der Waals surface area contributed by atoms with Crippen LogP contribution in [0, 0.1) is 0 Å². The molecule has 0 saturated heterocycles. The maximum absolute atomic E-state index is 12.1. The van der Waals surface area contributed by atoms with Crippen molar-refractivity contribution in [3.63, 3.8) is 0 Å². The maximum atomic E-state index is 12.1. The Kier molecular flexibility index (Phi) is 5.08. The van der Waals surface area contributed by atoms with Gasteiger partial charge in [-0.3, -0.25) is 9.89 Å².